The Bertz CT molecular complexity index is 1960. The van der Waals surface area contributed by atoms with Crippen molar-refractivity contribution in [3.8, 4) is 0 Å². The van der Waals surface area contributed by atoms with E-state index in [0.717, 1.165) is 108 Å². The van der Waals surface area contributed by atoms with Gasteiger partial charge in [-0.25, -0.2) is 9.13 Å². The molecule has 0 aliphatic heterocycles. The lowest BCUT2D eigenvalue weighted by Crippen LogP contribution is -2.30. The molecule has 19 heteroatoms. The van der Waals surface area contributed by atoms with Crippen LogP contribution in [-0.4, -0.2) is 96.7 Å². The summed E-state index contributed by atoms with van der Waals surface area (Å²) in [5, 5.41) is 10.7. The minimum absolute atomic E-state index is 0.106. The molecular weight excluding hydrogens is 1320 g/mol. The van der Waals surface area contributed by atoms with E-state index in [9.17, 15) is 43.2 Å². The largest absolute Gasteiger partial charge is 0.472 e. The molecule has 0 aliphatic rings. The molecule has 0 fully saturated rings. The van der Waals surface area contributed by atoms with Crippen LogP contribution in [0, 0.1) is 17.8 Å². The van der Waals surface area contributed by atoms with Crippen LogP contribution < -0.4 is 0 Å². The second kappa shape index (κ2) is 72.3. The fraction of sp³-hybridized carbons (Fsp3) is 0.951. The molecule has 3 N–H and O–H groups in total. The summed E-state index contributed by atoms with van der Waals surface area (Å²) < 4.78 is 68.8. The fourth-order valence-electron chi connectivity index (χ4n) is 12.6. The number of rotatable bonds is 80. The number of phosphoric ester groups is 2. The quantitative estimate of drug-likeness (QED) is 0.0222. The average Bonchev–Trinajstić information content (AvgIpc) is 0.921. The number of hydrogen-bond acceptors (Lipinski definition) is 15. The van der Waals surface area contributed by atoms with Crippen LogP contribution in [0.3, 0.4) is 0 Å². The molecule has 0 aliphatic carbocycles. The summed E-state index contributed by atoms with van der Waals surface area (Å²) in [4.78, 5) is 73.1. The van der Waals surface area contributed by atoms with Gasteiger partial charge in [0.25, 0.3) is 0 Å². The van der Waals surface area contributed by atoms with Gasteiger partial charge in [-0.05, 0) is 43.4 Å². The monoisotopic (exact) mass is 1480 g/mol. The van der Waals surface area contributed by atoms with Crippen molar-refractivity contribution in [3.63, 3.8) is 0 Å². The molecule has 0 radical (unpaired) electrons. The maximum absolute atomic E-state index is 13.1. The first kappa shape index (κ1) is 99.1. The Morgan fingerprint density at radius 1 is 0.287 bits per heavy atom. The van der Waals surface area contributed by atoms with Crippen LogP contribution in [0.5, 0.6) is 0 Å². The van der Waals surface area contributed by atoms with Gasteiger partial charge < -0.3 is 33.8 Å². The highest BCUT2D eigenvalue weighted by molar-refractivity contribution is 7.47. The predicted molar refractivity (Wildman–Crippen MR) is 414 cm³/mol. The third kappa shape index (κ3) is 74.7. The molecule has 0 saturated carbocycles. The first-order chi connectivity index (χ1) is 48.8. The standard InChI is InChI=1S/C82H160O17P2/c1-8-10-11-12-13-14-15-16-17-18-19-23-28-35-42-49-56-63-79(84)92-69-77(98-81(86)65-58-51-44-36-29-24-21-20-22-27-34-41-48-55-62-75(7)9-2)71-96-100(88,89)94-67-76(83)68-95-101(90,91)97-72-78(70-93-80(85)64-57-50-43-38-31-33-40-47-54-61-74(5)6)99-82(87)66-59-52-45-37-30-25-26-32-39-46-53-60-73(3)4/h73-78,83H,8-72H2,1-7H3,(H,88,89)(H,90,91)/t75?,76-,77-,78-/m1/s1. The van der Waals surface area contributed by atoms with Crippen LogP contribution in [0.4, 0.5) is 0 Å². The number of aliphatic hydroxyl groups excluding tert-OH is 1. The molecule has 0 heterocycles. The van der Waals surface area contributed by atoms with Crippen LogP contribution in [0.2, 0.25) is 0 Å². The van der Waals surface area contributed by atoms with Gasteiger partial charge in [0.15, 0.2) is 12.2 Å². The molecule has 101 heavy (non-hydrogen) atoms. The van der Waals surface area contributed by atoms with Crippen LogP contribution in [-0.2, 0) is 65.4 Å². The summed E-state index contributed by atoms with van der Waals surface area (Å²) >= 11 is 0. The number of ether oxygens (including phenoxy) is 4. The zero-order chi connectivity index (χ0) is 74.4. The van der Waals surface area contributed by atoms with Crippen LogP contribution in [0.25, 0.3) is 0 Å². The maximum Gasteiger partial charge on any atom is 0.472 e. The molecule has 0 spiro atoms. The summed E-state index contributed by atoms with van der Waals surface area (Å²) in [7, 11) is -9.92. The molecule has 0 aromatic heterocycles. The lowest BCUT2D eigenvalue weighted by Gasteiger charge is -2.21. The number of carbonyl (C=O) groups excluding carboxylic acids is 4. The van der Waals surface area contributed by atoms with Gasteiger partial charge in [-0.1, -0.05) is 376 Å². The second-order valence-electron chi connectivity index (χ2n) is 30.7. The Morgan fingerprint density at radius 2 is 0.505 bits per heavy atom. The van der Waals surface area contributed by atoms with E-state index >= 15 is 0 Å². The van der Waals surface area contributed by atoms with Crippen molar-refractivity contribution in [3.05, 3.63) is 0 Å². The van der Waals surface area contributed by atoms with Crippen LogP contribution in [0.15, 0.2) is 0 Å². The van der Waals surface area contributed by atoms with E-state index < -0.39 is 97.5 Å². The topological polar surface area (TPSA) is 237 Å². The van der Waals surface area contributed by atoms with Gasteiger partial charge in [0, 0.05) is 25.7 Å². The lowest BCUT2D eigenvalue weighted by atomic mass is 9.99. The first-order valence-corrected chi connectivity index (χ1v) is 45.4. The lowest BCUT2D eigenvalue weighted by molar-refractivity contribution is -0.161. The molecule has 0 saturated heterocycles. The van der Waals surface area contributed by atoms with E-state index in [0.29, 0.717) is 25.7 Å². The fourth-order valence-corrected chi connectivity index (χ4v) is 14.2. The van der Waals surface area contributed by atoms with E-state index in [4.69, 9.17) is 37.0 Å². The van der Waals surface area contributed by atoms with Crippen molar-refractivity contribution in [2.24, 2.45) is 17.8 Å². The van der Waals surface area contributed by atoms with E-state index in [1.165, 1.54) is 238 Å². The van der Waals surface area contributed by atoms with Crippen LogP contribution in [0.1, 0.15) is 427 Å². The minimum Gasteiger partial charge on any atom is -0.462 e. The highest BCUT2D eigenvalue weighted by Crippen LogP contribution is 2.45. The molecule has 0 amide bonds. The molecule has 600 valence electrons. The second-order valence-corrected chi connectivity index (χ2v) is 33.6. The Morgan fingerprint density at radius 3 is 0.752 bits per heavy atom. The number of hydrogen-bond donors (Lipinski definition) is 3. The van der Waals surface area contributed by atoms with Crippen molar-refractivity contribution in [1.29, 1.82) is 0 Å². The number of carbonyl (C=O) groups is 4. The first-order valence-electron chi connectivity index (χ1n) is 42.4. The molecule has 6 atom stereocenters. The zero-order valence-electron chi connectivity index (χ0n) is 66.4. The number of unbranched alkanes of at least 4 members (excludes halogenated alkanes) is 47. The van der Waals surface area contributed by atoms with Gasteiger partial charge in [0.2, 0.25) is 0 Å². The van der Waals surface area contributed by atoms with Crippen molar-refractivity contribution < 1.29 is 80.2 Å². The number of esters is 4. The van der Waals surface area contributed by atoms with Gasteiger partial charge in [-0.3, -0.25) is 37.3 Å². The van der Waals surface area contributed by atoms with E-state index in [1.807, 2.05) is 0 Å². The number of phosphoric acid groups is 2. The van der Waals surface area contributed by atoms with Crippen molar-refractivity contribution in [1.82, 2.24) is 0 Å². The van der Waals surface area contributed by atoms with Gasteiger partial charge in [-0.2, -0.15) is 0 Å². The summed E-state index contributed by atoms with van der Waals surface area (Å²) in [5.74, 6) is 0.246. The SMILES string of the molecule is CCCCCCCCCCCCCCCCCCCC(=O)OC[C@H](COP(=O)(O)OC[C@@H](O)COP(=O)(O)OC[C@@H](COC(=O)CCCCCCCCCCCC(C)C)OC(=O)CCCCCCCCCCCCCC(C)C)OC(=O)CCCCCCCCCCCCCCCCC(C)CC. The smallest absolute Gasteiger partial charge is 0.462 e. The minimum atomic E-state index is -4.96. The Kier molecular flexibility index (Phi) is 70.9. The van der Waals surface area contributed by atoms with Gasteiger partial charge in [-0.15, -0.1) is 0 Å². The van der Waals surface area contributed by atoms with Gasteiger partial charge in [0.05, 0.1) is 26.4 Å². The molecule has 17 nitrogen and oxygen atoms in total. The van der Waals surface area contributed by atoms with Gasteiger partial charge >= 0.3 is 39.5 Å². The highest BCUT2D eigenvalue weighted by Gasteiger charge is 2.30. The molecule has 0 bridgehead atoms. The summed E-state index contributed by atoms with van der Waals surface area (Å²) in [6.07, 6.45) is 60.9. The Labute approximate surface area is 619 Å². The molecule has 0 rings (SSSR count). The van der Waals surface area contributed by atoms with Crippen molar-refractivity contribution in [2.45, 2.75) is 446 Å². The average molecular weight is 1480 g/mol. The normalized spacial score (nSPS) is 14.2. The molecule has 0 aromatic rings. The Balaban J connectivity index is 5.27. The van der Waals surface area contributed by atoms with E-state index in [1.54, 1.807) is 0 Å². The molecular formula is C82H160O17P2. The zero-order valence-corrected chi connectivity index (χ0v) is 68.2. The van der Waals surface area contributed by atoms with Crippen molar-refractivity contribution in [2.75, 3.05) is 39.6 Å². The third-order valence-corrected chi connectivity index (χ3v) is 21.4. The summed E-state index contributed by atoms with van der Waals surface area (Å²) in [5.41, 5.74) is 0. The number of aliphatic hydroxyl groups is 1. The van der Waals surface area contributed by atoms with Crippen LogP contribution >= 0.6 is 15.6 Å². The molecule has 3 unspecified atom stereocenters. The maximum atomic E-state index is 13.1. The summed E-state index contributed by atoms with van der Waals surface area (Å²) in [6, 6.07) is 0. The van der Waals surface area contributed by atoms with Gasteiger partial charge in [0.1, 0.15) is 19.3 Å². The van der Waals surface area contributed by atoms with Crippen molar-refractivity contribution >= 4 is 39.5 Å². The molecule has 0 aromatic carbocycles. The summed E-state index contributed by atoms with van der Waals surface area (Å²) in [6.45, 7) is 12.0. The Hall–Kier alpha value is -1.94. The van der Waals surface area contributed by atoms with E-state index in [2.05, 4.69) is 48.5 Å². The highest BCUT2D eigenvalue weighted by atomic mass is 31.2. The predicted octanol–water partition coefficient (Wildman–Crippen LogP) is 24.5. The van der Waals surface area contributed by atoms with E-state index in [-0.39, 0.29) is 25.7 Å². The third-order valence-electron chi connectivity index (χ3n) is 19.5.